The summed E-state index contributed by atoms with van der Waals surface area (Å²) >= 11 is 0. The summed E-state index contributed by atoms with van der Waals surface area (Å²) in [6, 6.07) is 5.14. The Bertz CT molecular complexity index is 423. The summed E-state index contributed by atoms with van der Waals surface area (Å²) in [6.07, 6.45) is 0.0863. The maximum atomic E-state index is 12.2. The predicted molar refractivity (Wildman–Crippen MR) is 77.3 cm³/mol. The third-order valence-corrected chi connectivity index (χ3v) is 2.90. The molecule has 0 radical (unpaired) electrons. The third-order valence-electron chi connectivity index (χ3n) is 2.90. The van der Waals surface area contributed by atoms with Crippen LogP contribution in [0, 0.1) is 5.92 Å². The SMILES string of the molecule is COc1cccc(OC)c1C(=O)NCC(O)CC(C)C. The zero-order valence-electron chi connectivity index (χ0n) is 12.5. The molecule has 0 aliphatic heterocycles. The summed E-state index contributed by atoms with van der Waals surface area (Å²) in [4.78, 5) is 12.2. The lowest BCUT2D eigenvalue weighted by atomic mass is 10.1. The molecule has 0 saturated carbocycles. The van der Waals surface area contributed by atoms with E-state index in [-0.39, 0.29) is 12.5 Å². The molecule has 0 aliphatic rings. The van der Waals surface area contributed by atoms with Crippen LogP contribution in [0.15, 0.2) is 18.2 Å². The molecule has 0 bridgehead atoms. The van der Waals surface area contributed by atoms with Crippen LogP contribution in [-0.4, -0.2) is 37.9 Å². The van der Waals surface area contributed by atoms with Crippen molar-refractivity contribution >= 4 is 5.91 Å². The van der Waals surface area contributed by atoms with Crippen LogP contribution < -0.4 is 14.8 Å². The highest BCUT2D eigenvalue weighted by Crippen LogP contribution is 2.27. The molecule has 5 nitrogen and oxygen atoms in total. The topological polar surface area (TPSA) is 67.8 Å². The van der Waals surface area contributed by atoms with Crippen LogP contribution in [0.25, 0.3) is 0 Å². The van der Waals surface area contributed by atoms with Gasteiger partial charge in [0, 0.05) is 6.54 Å². The molecule has 5 heteroatoms. The van der Waals surface area contributed by atoms with Crippen molar-refractivity contribution in [3.05, 3.63) is 23.8 Å². The standard InChI is InChI=1S/C15H23NO4/c1-10(2)8-11(17)9-16-15(18)14-12(19-3)6-5-7-13(14)20-4/h5-7,10-11,17H,8-9H2,1-4H3,(H,16,18). The monoisotopic (exact) mass is 281 g/mol. The van der Waals surface area contributed by atoms with Gasteiger partial charge in [0.2, 0.25) is 0 Å². The van der Waals surface area contributed by atoms with Crippen molar-refractivity contribution in [1.29, 1.82) is 0 Å². The van der Waals surface area contributed by atoms with Gasteiger partial charge in [-0.15, -0.1) is 0 Å². The number of carbonyl (C=O) groups is 1. The summed E-state index contributed by atoms with van der Waals surface area (Å²) in [6.45, 7) is 4.25. The zero-order valence-corrected chi connectivity index (χ0v) is 12.5. The highest BCUT2D eigenvalue weighted by Gasteiger charge is 2.18. The van der Waals surface area contributed by atoms with Crippen molar-refractivity contribution < 1.29 is 19.4 Å². The van der Waals surface area contributed by atoms with Gasteiger partial charge < -0.3 is 19.9 Å². The largest absolute Gasteiger partial charge is 0.496 e. The van der Waals surface area contributed by atoms with Crippen LogP contribution in [0.4, 0.5) is 0 Å². The highest BCUT2D eigenvalue weighted by molar-refractivity contribution is 5.99. The van der Waals surface area contributed by atoms with Gasteiger partial charge in [0.25, 0.3) is 5.91 Å². The lowest BCUT2D eigenvalue weighted by Gasteiger charge is -2.16. The Hall–Kier alpha value is -1.75. The third kappa shape index (κ3) is 4.42. The second kappa shape index (κ2) is 7.75. The Morgan fingerprint density at radius 3 is 2.25 bits per heavy atom. The molecule has 20 heavy (non-hydrogen) atoms. The van der Waals surface area contributed by atoms with Crippen molar-refractivity contribution in [2.75, 3.05) is 20.8 Å². The number of hydrogen-bond acceptors (Lipinski definition) is 4. The second-order valence-electron chi connectivity index (χ2n) is 5.03. The molecule has 1 aromatic rings. The van der Waals surface area contributed by atoms with Crippen molar-refractivity contribution in [2.24, 2.45) is 5.92 Å². The summed E-state index contributed by atoms with van der Waals surface area (Å²) in [7, 11) is 3.00. The first kappa shape index (κ1) is 16.3. The van der Waals surface area contributed by atoms with Gasteiger partial charge in [0.05, 0.1) is 20.3 Å². The molecule has 0 heterocycles. The van der Waals surface area contributed by atoms with Gasteiger partial charge in [-0.25, -0.2) is 0 Å². The number of benzene rings is 1. The Kier molecular flexibility index (Phi) is 6.31. The quantitative estimate of drug-likeness (QED) is 0.800. The molecule has 0 aromatic heterocycles. The Labute approximate surface area is 119 Å². The molecule has 112 valence electrons. The van der Waals surface area contributed by atoms with Gasteiger partial charge in [0.15, 0.2) is 0 Å². The first-order valence-electron chi connectivity index (χ1n) is 6.66. The van der Waals surface area contributed by atoms with E-state index in [0.29, 0.717) is 29.4 Å². The lowest BCUT2D eigenvalue weighted by molar-refractivity contribution is 0.0894. The molecular formula is C15H23NO4. The van der Waals surface area contributed by atoms with Crippen LogP contribution in [0.2, 0.25) is 0 Å². The van der Waals surface area contributed by atoms with Gasteiger partial charge in [-0.2, -0.15) is 0 Å². The molecule has 1 amide bonds. The maximum Gasteiger partial charge on any atom is 0.258 e. The average Bonchev–Trinajstić information content (AvgIpc) is 2.42. The van der Waals surface area contributed by atoms with E-state index in [1.165, 1.54) is 14.2 Å². The minimum Gasteiger partial charge on any atom is -0.496 e. The van der Waals surface area contributed by atoms with Crippen molar-refractivity contribution in [3.8, 4) is 11.5 Å². The van der Waals surface area contributed by atoms with E-state index in [2.05, 4.69) is 5.32 Å². The normalized spacial score (nSPS) is 12.1. The van der Waals surface area contributed by atoms with Crippen molar-refractivity contribution in [2.45, 2.75) is 26.4 Å². The van der Waals surface area contributed by atoms with Crippen LogP contribution in [-0.2, 0) is 0 Å². The molecule has 0 saturated heterocycles. The minimum atomic E-state index is -0.556. The Morgan fingerprint density at radius 1 is 1.25 bits per heavy atom. The van der Waals surface area contributed by atoms with Gasteiger partial charge >= 0.3 is 0 Å². The van der Waals surface area contributed by atoms with Gasteiger partial charge in [0.1, 0.15) is 17.1 Å². The molecule has 1 unspecified atom stereocenters. The fraction of sp³-hybridized carbons (Fsp3) is 0.533. The molecular weight excluding hydrogens is 258 g/mol. The van der Waals surface area contributed by atoms with Crippen LogP contribution in [0.3, 0.4) is 0 Å². The number of rotatable bonds is 7. The number of carbonyl (C=O) groups excluding carboxylic acids is 1. The van der Waals surface area contributed by atoms with Crippen molar-refractivity contribution in [3.63, 3.8) is 0 Å². The van der Waals surface area contributed by atoms with Crippen LogP contribution in [0.1, 0.15) is 30.6 Å². The number of aliphatic hydroxyl groups is 1. The molecule has 2 N–H and O–H groups in total. The van der Waals surface area contributed by atoms with E-state index < -0.39 is 6.10 Å². The Morgan fingerprint density at radius 2 is 1.80 bits per heavy atom. The fourth-order valence-corrected chi connectivity index (χ4v) is 2.00. The first-order valence-corrected chi connectivity index (χ1v) is 6.66. The van der Waals surface area contributed by atoms with Gasteiger partial charge in [-0.05, 0) is 24.5 Å². The second-order valence-corrected chi connectivity index (χ2v) is 5.03. The predicted octanol–water partition coefficient (Wildman–Crippen LogP) is 1.84. The smallest absolute Gasteiger partial charge is 0.258 e. The summed E-state index contributed by atoms with van der Waals surface area (Å²) < 4.78 is 10.4. The highest BCUT2D eigenvalue weighted by atomic mass is 16.5. The van der Waals surface area contributed by atoms with Crippen molar-refractivity contribution in [1.82, 2.24) is 5.32 Å². The summed E-state index contributed by atoms with van der Waals surface area (Å²) in [5.74, 6) is 0.949. The van der Waals surface area contributed by atoms with Gasteiger partial charge in [-0.1, -0.05) is 19.9 Å². The molecule has 0 aliphatic carbocycles. The number of amides is 1. The maximum absolute atomic E-state index is 12.2. The van der Waals surface area contributed by atoms with E-state index in [4.69, 9.17) is 9.47 Å². The summed E-state index contributed by atoms with van der Waals surface area (Å²) in [5, 5.41) is 12.5. The molecule has 1 atom stereocenters. The van der Waals surface area contributed by atoms with Gasteiger partial charge in [-0.3, -0.25) is 4.79 Å². The molecule has 0 spiro atoms. The molecule has 0 fully saturated rings. The van der Waals surface area contributed by atoms with Crippen LogP contribution in [0.5, 0.6) is 11.5 Å². The molecule has 1 rings (SSSR count). The molecule has 1 aromatic carbocycles. The number of ether oxygens (including phenoxy) is 2. The Balaban J connectivity index is 2.77. The van der Waals surface area contributed by atoms with E-state index >= 15 is 0 Å². The fourth-order valence-electron chi connectivity index (χ4n) is 2.00. The first-order chi connectivity index (χ1) is 9.49. The van der Waals surface area contributed by atoms with E-state index in [1.807, 2.05) is 13.8 Å². The number of nitrogens with one attached hydrogen (secondary N) is 1. The lowest BCUT2D eigenvalue weighted by Crippen LogP contribution is -2.33. The number of hydrogen-bond donors (Lipinski definition) is 2. The van der Waals surface area contributed by atoms with E-state index in [0.717, 1.165) is 0 Å². The summed E-state index contributed by atoms with van der Waals surface area (Å²) in [5.41, 5.74) is 0.342. The zero-order chi connectivity index (χ0) is 15.1. The van der Waals surface area contributed by atoms with E-state index in [9.17, 15) is 9.90 Å². The number of methoxy groups -OCH3 is 2. The van der Waals surface area contributed by atoms with Crippen LogP contribution >= 0.6 is 0 Å². The minimum absolute atomic E-state index is 0.207. The number of aliphatic hydroxyl groups excluding tert-OH is 1. The average molecular weight is 281 g/mol. The van der Waals surface area contributed by atoms with E-state index in [1.54, 1.807) is 18.2 Å².